The van der Waals surface area contributed by atoms with Crippen LogP contribution in [0.25, 0.3) is 0 Å². The van der Waals surface area contributed by atoms with E-state index in [9.17, 15) is 9.90 Å². The molecule has 1 saturated heterocycles. The number of aromatic nitrogens is 2. The summed E-state index contributed by atoms with van der Waals surface area (Å²) in [6, 6.07) is 3.22. The van der Waals surface area contributed by atoms with Crippen LogP contribution in [-0.2, 0) is 10.4 Å². The summed E-state index contributed by atoms with van der Waals surface area (Å²) in [6.45, 7) is 6.69. The van der Waals surface area contributed by atoms with Crippen LogP contribution < -0.4 is 15.0 Å². The number of aromatic hydroxyl groups is 1. The van der Waals surface area contributed by atoms with Crippen molar-refractivity contribution in [2.45, 2.75) is 32.4 Å². The zero-order valence-electron chi connectivity index (χ0n) is 15.8. The van der Waals surface area contributed by atoms with Gasteiger partial charge in [0.15, 0.2) is 11.5 Å². The van der Waals surface area contributed by atoms with E-state index >= 15 is 0 Å². The molecule has 0 radical (unpaired) electrons. The highest BCUT2D eigenvalue weighted by Crippen LogP contribution is 2.46. The van der Waals surface area contributed by atoms with E-state index in [4.69, 9.17) is 14.3 Å². The predicted molar refractivity (Wildman–Crippen MR) is 96.1 cm³/mol. The van der Waals surface area contributed by atoms with Crippen LogP contribution in [0.1, 0.15) is 48.3 Å². The van der Waals surface area contributed by atoms with Crippen LogP contribution in [0.2, 0.25) is 0 Å². The number of nitrogens with zero attached hydrogens (tertiary/aromatic N) is 2. The summed E-state index contributed by atoms with van der Waals surface area (Å²) in [7, 11) is 1.56. The number of hydroxylamine groups is 1. The van der Waals surface area contributed by atoms with E-state index in [0.717, 1.165) is 0 Å². The summed E-state index contributed by atoms with van der Waals surface area (Å²) in [5, 5.41) is 14.8. The normalized spacial score (nSPS) is 21.3. The number of carbonyl (C=O) groups is 1. The SMILES string of the molecule is COc1ccc(C(=O)c2cnn(C(C)(C)C)c2O)c2c1OCC1CONC21. The summed E-state index contributed by atoms with van der Waals surface area (Å²) in [5.74, 6) is 0.719. The number of hydrogen-bond acceptors (Lipinski definition) is 7. The first-order chi connectivity index (χ1) is 12.8. The molecule has 1 aromatic carbocycles. The third-order valence-corrected chi connectivity index (χ3v) is 4.98. The molecule has 8 nitrogen and oxygen atoms in total. The first kappa shape index (κ1) is 17.8. The van der Waals surface area contributed by atoms with Gasteiger partial charge in [-0.2, -0.15) is 10.6 Å². The van der Waals surface area contributed by atoms with E-state index in [1.807, 2.05) is 20.8 Å². The van der Waals surface area contributed by atoms with Gasteiger partial charge in [-0.1, -0.05) is 0 Å². The Morgan fingerprint density at radius 3 is 2.78 bits per heavy atom. The Kier molecular flexibility index (Phi) is 4.12. The summed E-state index contributed by atoms with van der Waals surface area (Å²) >= 11 is 0. The third kappa shape index (κ3) is 2.76. The van der Waals surface area contributed by atoms with Crippen molar-refractivity contribution in [3.8, 4) is 17.4 Å². The molecule has 144 valence electrons. The van der Waals surface area contributed by atoms with Gasteiger partial charge >= 0.3 is 0 Å². The lowest BCUT2D eigenvalue weighted by molar-refractivity contribution is 0.0859. The number of ether oxygens (including phenoxy) is 2. The molecule has 2 aliphatic rings. The van der Waals surface area contributed by atoms with Crippen LogP contribution >= 0.6 is 0 Å². The number of hydrogen-bond donors (Lipinski definition) is 2. The van der Waals surface area contributed by atoms with E-state index in [2.05, 4.69) is 10.6 Å². The maximum absolute atomic E-state index is 13.3. The van der Waals surface area contributed by atoms with Gasteiger partial charge in [-0.25, -0.2) is 4.68 Å². The monoisotopic (exact) mass is 373 g/mol. The fraction of sp³-hybridized carbons (Fsp3) is 0.474. The summed E-state index contributed by atoms with van der Waals surface area (Å²) in [4.78, 5) is 18.7. The maximum Gasteiger partial charge on any atom is 0.221 e. The maximum atomic E-state index is 13.3. The van der Waals surface area contributed by atoms with Crippen molar-refractivity contribution < 1.29 is 24.2 Å². The van der Waals surface area contributed by atoms with Crippen LogP contribution in [-0.4, -0.2) is 41.0 Å². The zero-order valence-corrected chi connectivity index (χ0v) is 15.8. The van der Waals surface area contributed by atoms with Crippen LogP contribution in [0.15, 0.2) is 18.3 Å². The van der Waals surface area contributed by atoms with Crippen molar-refractivity contribution in [1.82, 2.24) is 15.3 Å². The van der Waals surface area contributed by atoms with E-state index in [1.54, 1.807) is 19.2 Å². The smallest absolute Gasteiger partial charge is 0.221 e. The Morgan fingerprint density at radius 1 is 1.33 bits per heavy atom. The molecular weight excluding hydrogens is 350 g/mol. The second-order valence-electron chi connectivity index (χ2n) is 7.83. The largest absolute Gasteiger partial charge is 0.493 e. The van der Waals surface area contributed by atoms with Crippen molar-refractivity contribution in [3.05, 3.63) is 35.0 Å². The Hall–Kier alpha value is -2.58. The second-order valence-corrected chi connectivity index (χ2v) is 7.83. The highest BCUT2D eigenvalue weighted by molar-refractivity contribution is 6.11. The predicted octanol–water partition coefficient (Wildman–Crippen LogP) is 2.17. The van der Waals surface area contributed by atoms with Gasteiger partial charge in [-0.15, -0.1) is 0 Å². The van der Waals surface area contributed by atoms with Crippen molar-refractivity contribution in [3.63, 3.8) is 0 Å². The molecule has 2 atom stereocenters. The van der Waals surface area contributed by atoms with Gasteiger partial charge in [0.05, 0.1) is 38.1 Å². The Labute approximate surface area is 157 Å². The number of benzene rings is 1. The van der Waals surface area contributed by atoms with E-state index < -0.39 is 5.54 Å². The van der Waals surface area contributed by atoms with Crippen LogP contribution in [0.4, 0.5) is 0 Å². The van der Waals surface area contributed by atoms with Crippen molar-refractivity contribution in [2.75, 3.05) is 20.3 Å². The number of ketones is 1. The molecule has 2 unspecified atom stereocenters. The van der Waals surface area contributed by atoms with Crippen LogP contribution in [0.3, 0.4) is 0 Å². The lowest BCUT2D eigenvalue weighted by Crippen LogP contribution is -2.30. The Morgan fingerprint density at radius 2 is 2.11 bits per heavy atom. The van der Waals surface area contributed by atoms with Crippen molar-refractivity contribution >= 4 is 5.78 Å². The molecule has 8 heteroatoms. The van der Waals surface area contributed by atoms with Crippen molar-refractivity contribution in [2.24, 2.45) is 5.92 Å². The standard InChI is InChI=1S/C19H23N3O5/c1-19(2,3)22-18(24)12(7-20-22)16(23)11-5-6-13(25-4)17-14(11)15-10(8-26-17)9-27-21-15/h5-7,10,15,21,24H,8-9H2,1-4H3. The van der Waals surface area contributed by atoms with Gasteiger partial charge in [0.25, 0.3) is 0 Å². The molecule has 0 spiro atoms. The summed E-state index contributed by atoms with van der Waals surface area (Å²) in [5.41, 5.74) is 3.81. The molecule has 0 amide bonds. The lowest BCUT2D eigenvalue weighted by Gasteiger charge is -2.29. The number of methoxy groups -OCH3 is 1. The van der Waals surface area contributed by atoms with Gasteiger partial charge in [0.1, 0.15) is 5.56 Å². The average molecular weight is 373 g/mol. The first-order valence-corrected chi connectivity index (χ1v) is 8.86. The minimum absolute atomic E-state index is 0.0991. The van der Waals surface area contributed by atoms with E-state index in [1.165, 1.54) is 10.9 Å². The van der Waals surface area contributed by atoms with E-state index in [-0.39, 0.29) is 29.2 Å². The van der Waals surface area contributed by atoms with Crippen molar-refractivity contribution in [1.29, 1.82) is 0 Å². The average Bonchev–Trinajstić information content (AvgIpc) is 3.25. The quantitative estimate of drug-likeness (QED) is 0.796. The molecule has 1 fully saturated rings. The fourth-order valence-corrected chi connectivity index (χ4v) is 3.60. The minimum atomic E-state index is -0.447. The first-order valence-electron chi connectivity index (χ1n) is 8.86. The zero-order chi connectivity index (χ0) is 19.3. The topological polar surface area (TPSA) is 94.8 Å². The second kappa shape index (κ2) is 6.24. The molecule has 2 aromatic rings. The Balaban J connectivity index is 1.83. The number of rotatable bonds is 3. The molecule has 0 bridgehead atoms. The molecule has 0 saturated carbocycles. The third-order valence-electron chi connectivity index (χ3n) is 4.98. The van der Waals surface area contributed by atoms with Gasteiger partial charge in [-0.3, -0.25) is 4.79 Å². The molecule has 2 N–H and O–H groups in total. The number of fused-ring (bicyclic) bond motifs is 3. The van der Waals surface area contributed by atoms with Gasteiger partial charge in [-0.05, 0) is 32.9 Å². The minimum Gasteiger partial charge on any atom is -0.493 e. The highest BCUT2D eigenvalue weighted by Gasteiger charge is 2.40. The molecule has 27 heavy (non-hydrogen) atoms. The molecule has 2 aliphatic heterocycles. The molecule has 0 aliphatic carbocycles. The number of nitrogens with one attached hydrogen (secondary N) is 1. The van der Waals surface area contributed by atoms with Gasteiger partial charge in [0, 0.05) is 17.0 Å². The summed E-state index contributed by atoms with van der Waals surface area (Å²) < 4.78 is 12.7. The molecular formula is C19H23N3O5. The van der Waals surface area contributed by atoms with Gasteiger partial charge < -0.3 is 19.4 Å². The van der Waals surface area contributed by atoms with Crippen LogP contribution in [0.5, 0.6) is 17.4 Å². The molecule has 3 heterocycles. The Bertz CT molecular complexity index is 899. The van der Waals surface area contributed by atoms with Gasteiger partial charge in [0.2, 0.25) is 11.7 Å². The lowest BCUT2D eigenvalue weighted by atomic mass is 9.86. The van der Waals surface area contributed by atoms with E-state index in [0.29, 0.717) is 35.8 Å². The molecule has 1 aromatic heterocycles. The number of carbonyl (C=O) groups excluding carboxylic acids is 1. The summed E-state index contributed by atoms with van der Waals surface area (Å²) in [6.07, 6.45) is 1.40. The van der Waals surface area contributed by atoms with Crippen LogP contribution in [0, 0.1) is 5.92 Å². The highest BCUT2D eigenvalue weighted by atomic mass is 16.7. The molecule has 4 rings (SSSR count). The fourth-order valence-electron chi connectivity index (χ4n) is 3.60.